The van der Waals surface area contributed by atoms with Crippen molar-refractivity contribution in [3.8, 4) is 11.3 Å². The lowest BCUT2D eigenvalue weighted by Crippen LogP contribution is -2.26. The van der Waals surface area contributed by atoms with Crippen LogP contribution in [0.5, 0.6) is 0 Å². The van der Waals surface area contributed by atoms with Crippen molar-refractivity contribution in [2.24, 2.45) is 0 Å². The van der Waals surface area contributed by atoms with Crippen molar-refractivity contribution in [3.05, 3.63) is 76.4 Å². The first-order valence-corrected chi connectivity index (χ1v) is 7.94. The average Bonchev–Trinajstić information content (AvgIpc) is 3.08. The molecule has 0 bridgehead atoms. The molecular formula is C18H14ClF2N3O. The maximum Gasteiger partial charge on any atom is 0.255 e. The quantitative estimate of drug-likeness (QED) is 0.722. The lowest BCUT2D eigenvalue weighted by Gasteiger charge is -2.08. The van der Waals surface area contributed by atoms with E-state index in [1.165, 1.54) is 6.20 Å². The highest BCUT2D eigenvalue weighted by molar-refractivity contribution is 6.33. The molecule has 0 fully saturated rings. The van der Waals surface area contributed by atoms with E-state index in [0.29, 0.717) is 21.8 Å². The Morgan fingerprint density at radius 1 is 1.20 bits per heavy atom. The Labute approximate surface area is 147 Å². The highest BCUT2D eigenvalue weighted by Gasteiger charge is 2.17. The number of carbonyl (C=O) groups is 1. The van der Waals surface area contributed by atoms with Crippen molar-refractivity contribution in [2.75, 3.05) is 6.54 Å². The van der Waals surface area contributed by atoms with E-state index in [1.54, 1.807) is 24.3 Å². The zero-order valence-electron chi connectivity index (χ0n) is 13.0. The van der Waals surface area contributed by atoms with Gasteiger partial charge in [0.15, 0.2) is 0 Å². The number of nitrogens with zero attached hydrogens (tertiary/aromatic N) is 1. The Morgan fingerprint density at radius 2 is 2.00 bits per heavy atom. The summed E-state index contributed by atoms with van der Waals surface area (Å²) < 4.78 is 26.7. The molecule has 128 valence electrons. The van der Waals surface area contributed by atoms with Gasteiger partial charge in [-0.05, 0) is 36.2 Å². The minimum absolute atomic E-state index is 0.159. The van der Waals surface area contributed by atoms with Crippen LogP contribution in [0.3, 0.4) is 0 Å². The van der Waals surface area contributed by atoms with Gasteiger partial charge in [0.25, 0.3) is 5.91 Å². The molecule has 0 unspecified atom stereocenters. The molecule has 7 heteroatoms. The lowest BCUT2D eigenvalue weighted by atomic mass is 10.1. The van der Waals surface area contributed by atoms with Crippen LogP contribution in [0.15, 0.2) is 48.7 Å². The topological polar surface area (TPSA) is 57.8 Å². The fraction of sp³-hybridized carbons (Fsp3) is 0.111. The SMILES string of the molecule is O=C(NCCc1cc(F)ccc1F)c1cn[nH]c1-c1ccccc1Cl. The number of carbonyl (C=O) groups excluding carboxylic acids is 1. The predicted molar refractivity (Wildman–Crippen MR) is 91.4 cm³/mol. The summed E-state index contributed by atoms with van der Waals surface area (Å²) in [6, 6.07) is 10.3. The van der Waals surface area contributed by atoms with E-state index in [2.05, 4.69) is 15.5 Å². The Kier molecular flexibility index (Phi) is 5.09. The van der Waals surface area contributed by atoms with Gasteiger partial charge in [0.1, 0.15) is 11.6 Å². The van der Waals surface area contributed by atoms with E-state index in [0.717, 1.165) is 18.2 Å². The number of halogens is 3. The largest absolute Gasteiger partial charge is 0.352 e. The van der Waals surface area contributed by atoms with E-state index in [1.807, 2.05) is 0 Å². The zero-order chi connectivity index (χ0) is 17.8. The van der Waals surface area contributed by atoms with Crippen molar-refractivity contribution in [3.63, 3.8) is 0 Å². The summed E-state index contributed by atoms with van der Waals surface area (Å²) in [6.07, 6.45) is 1.57. The molecule has 1 amide bonds. The number of rotatable bonds is 5. The van der Waals surface area contributed by atoms with Gasteiger partial charge < -0.3 is 5.32 Å². The minimum Gasteiger partial charge on any atom is -0.352 e. The van der Waals surface area contributed by atoms with Gasteiger partial charge >= 0.3 is 0 Å². The van der Waals surface area contributed by atoms with Crippen molar-refractivity contribution < 1.29 is 13.6 Å². The van der Waals surface area contributed by atoms with E-state index in [4.69, 9.17) is 11.6 Å². The third-order valence-electron chi connectivity index (χ3n) is 3.71. The number of nitrogens with one attached hydrogen (secondary N) is 2. The van der Waals surface area contributed by atoms with Crippen LogP contribution in [0.1, 0.15) is 15.9 Å². The molecule has 0 atom stereocenters. The van der Waals surface area contributed by atoms with Gasteiger partial charge in [-0.1, -0.05) is 29.8 Å². The molecule has 0 aliphatic carbocycles. The summed E-state index contributed by atoms with van der Waals surface area (Å²) in [7, 11) is 0. The van der Waals surface area contributed by atoms with Gasteiger partial charge in [-0.3, -0.25) is 9.89 Å². The van der Waals surface area contributed by atoms with Gasteiger partial charge in [-0.2, -0.15) is 5.10 Å². The fourth-order valence-electron chi connectivity index (χ4n) is 2.47. The van der Waals surface area contributed by atoms with Crippen molar-refractivity contribution in [2.45, 2.75) is 6.42 Å². The molecular weight excluding hydrogens is 348 g/mol. The van der Waals surface area contributed by atoms with E-state index in [-0.39, 0.29) is 24.4 Å². The Morgan fingerprint density at radius 3 is 2.80 bits per heavy atom. The number of aromatic nitrogens is 2. The van der Waals surface area contributed by atoms with Crippen molar-refractivity contribution in [1.29, 1.82) is 0 Å². The molecule has 0 saturated carbocycles. The van der Waals surface area contributed by atoms with Crippen LogP contribution in [0.4, 0.5) is 8.78 Å². The highest BCUT2D eigenvalue weighted by atomic mass is 35.5. The van der Waals surface area contributed by atoms with Gasteiger partial charge in [0.05, 0.1) is 17.5 Å². The maximum atomic E-state index is 13.6. The second-order valence-electron chi connectivity index (χ2n) is 5.38. The number of hydrogen-bond donors (Lipinski definition) is 2. The van der Waals surface area contributed by atoms with Crippen LogP contribution in [-0.2, 0) is 6.42 Å². The highest BCUT2D eigenvalue weighted by Crippen LogP contribution is 2.28. The van der Waals surface area contributed by atoms with Crippen LogP contribution in [-0.4, -0.2) is 22.6 Å². The van der Waals surface area contributed by atoms with E-state index < -0.39 is 11.6 Å². The summed E-state index contributed by atoms with van der Waals surface area (Å²) in [5.41, 5.74) is 1.69. The van der Waals surface area contributed by atoms with Crippen molar-refractivity contribution >= 4 is 17.5 Å². The summed E-state index contributed by atoms with van der Waals surface area (Å²) in [4.78, 5) is 12.4. The van der Waals surface area contributed by atoms with Crippen molar-refractivity contribution in [1.82, 2.24) is 15.5 Å². The van der Waals surface area contributed by atoms with Crippen LogP contribution in [0, 0.1) is 11.6 Å². The molecule has 3 aromatic rings. The summed E-state index contributed by atoms with van der Waals surface area (Å²) in [5, 5.41) is 9.83. The number of hydrogen-bond acceptors (Lipinski definition) is 2. The summed E-state index contributed by atoms with van der Waals surface area (Å²) >= 11 is 6.15. The zero-order valence-corrected chi connectivity index (χ0v) is 13.8. The molecule has 1 aromatic heterocycles. The second kappa shape index (κ2) is 7.44. The first kappa shape index (κ1) is 17.1. The predicted octanol–water partition coefficient (Wildman–Crippen LogP) is 3.98. The summed E-state index contributed by atoms with van der Waals surface area (Å²) in [6.45, 7) is 0.159. The Bertz CT molecular complexity index is 911. The van der Waals surface area contributed by atoms with Gasteiger partial charge in [0.2, 0.25) is 0 Å². The Balaban J connectivity index is 1.70. The molecule has 0 aliphatic heterocycles. The molecule has 3 rings (SSSR count). The maximum absolute atomic E-state index is 13.6. The standard InChI is InChI=1S/C18H14ClF2N3O/c19-15-4-2-1-3-13(15)17-14(10-23-24-17)18(25)22-8-7-11-9-12(20)5-6-16(11)21/h1-6,9-10H,7-8H2,(H,22,25)(H,23,24). The van der Waals surface area contributed by atoms with Crippen LogP contribution in [0.2, 0.25) is 5.02 Å². The first-order chi connectivity index (χ1) is 12.1. The second-order valence-corrected chi connectivity index (χ2v) is 5.79. The average molecular weight is 362 g/mol. The number of amides is 1. The molecule has 0 saturated heterocycles. The van der Waals surface area contributed by atoms with Crippen LogP contribution >= 0.6 is 11.6 Å². The third-order valence-corrected chi connectivity index (χ3v) is 4.04. The fourth-order valence-corrected chi connectivity index (χ4v) is 2.70. The van der Waals surface area contributed by atoms with E-state index in [9.17, 15) is 13.6 Å². The molecule has 1 heterocycles. The molecule has 25 heavy (non-hydrogen) atoms. The van der Waals surface area contributed by atoms with Crippen LogP contribution < -0.4 is 5.32 Å². The number of benzene rings is 2. The van der Waals surface area contributed by atoms with Gasteiger partial charge in [0, 0.05) is 17.1 Å². The molecule has 0 radical (unpaired) electrons. The van der Waals surface area contributed by atoms with Crippen LogP contribution in [0.25, 0.3) is 11.3 Å². The Hall–Kier alpha value is -2.73. The molecule has 2 N–H and O–H groups in total. The normalized spacial score (nSPS) is 10.7. The number of H-pyrrole nitrogens is 1. The van der Waals surface area contributed by atoms with Gasteiger partial charge in [-0.15, -0.1) is 0 Å². The molecule has 0 aliphatic rings. The molecule has 0 spiro atoms. The summed E-state index contributed by atoms with van der Waals surface area (Å²) in [5.74, 6) is -1.39. The number of aromatic amines is 1. The van der Waals surface area contributed by atoms with E-state index >= 15 is 0 Å². The van der Waals surface area contributed by atoms with Gasteiger partial charge in [-0.25, -0.2) is 8.78 Å². The smallest absolute Gasteiger partial charge is 0.255 e. The molecule has 2 aromatic carbocycles. The minimum atomic E-state index is -0.515. The first-order valence-electron chi connectivity index (χ1n) is 7.56. The monoisotopic (exact) mass is 361 g/mol. The third kappa shape index (κ3) is 3.85. The molecule has 4 nitrogen and oxygen atoms in total. The lowest BCUT2D eigenvalue weighted by molar-refractivity contribution is 0.0954.